The third-order valence-corrected chi connectivity index (χ3v) is 4.61. The number of anilines is 3. The number of aryl methyl sites for hydroxylation is 1. The maximum atomic E-state index is 9.04. The molecule has 0 aliphatic rings. The second-order valence-electron chi connectivity index (χ2n) is 6.76. The van der Waals surface area contributed by atoms with E-state index in [1.165, 1.54) is 5.56 Å². The molecule has 0 spiro atoms. The predicted octanol–water partition coefficient (Wildman–Crippen LogP) is 6.54. The van der Waals surface area contributed by atoms with Crippen molar-refractivity contribution in [2.24, 2.45) is 0 Å². The second kappa shape index (κ2) is 9.56. The van der Waals surface area contributed by atoms with Crippen LogP contribution in [0.25, 0.3) is 0 Å². The van der Waals surface area contributed by atoms with Crippen LogP contribution in [0.15, 0.2) is 91.5 Å². The summed E-state index contributed by atoms with van der Waals surface area (Å²) >= 11 is 0. The molecule has 0 radical (unpaired) electrons. The zero-order chi connectivity index (χ0) is 19.8. The standard InChI is InChI=1S/C25H27N3/c1-3-4-10-19-27-24-14-9-8-13-23(24)25(26)28(21-11-6-5-7-12-21)22-17-15-20(2)16-18-22/h3,5-9,11-18,26-27H,1,4,10,19H2,2H3. The number of unbranched alkanes of at least 4 members (excludes halogenated alkanes) is 1. The first kappa shape index (κ1) is 19.4. The average molecular weight is 370 g/mol. The van der Waals surface area contributed by atoms with Crippen LogP contribution in [0.3, 0.4) is 0 Å². The molecule has 0 aliphatic heterocycles. The number of rotatable bonds is 8. The van der Waals surface area contributed by atoms with E-state index in [2.05, 4.69) is 43.1 Å². The lowest BCUT2D eigenvalue weighted by molar-refractivity contribution is 0.890. The highest BCUT2D eigenvalue weighted by atomic mass is 15.2. The van der Waals surface area contributed by atoms with Crippen molar-refractivity contribution in [3.63, 3.8) is 0 Å². The highest BCUT2D eigenvalue weighted by molar-refractivity contribution is 6.15. The van der Waals surface area contributed by atoms with Crippen molar-refractivity contribution in [1.82, 2.24) is 0 Å². The Balaban J connectivity index is 1.96. The predicted molar refractivity (Wildman–Crippen MR) is 121 cm³/mol. The molecule has 0 atom stereocenters. The van der Waals surface area contributed by atoms with Crippen LogP contribution >= 0.6 is 0 Å². The molecular weight excluding hydrogens is 342 g/mol. The van der Waals surface area contributed by atoms with Gasteiger partial charge >= 0.3 is 0 Å². The van der Waals surface area contributed by atoms with Crippen molar-refractivity contribution in [3.8, 4) is 0 Å². The summed E-state index contributed by atoms with van der Waals surface area (Å²) in [7, 11) is 0. The molecule has 0 heterocycles. The lowest BCUT2D eigenvalue weighted by Crippen LogP contribution is -2.27. The molecule has 0 unspecified atom stereocenters. The summed E-state index contributed by atoms with van der Waals surface area (Å²) < 4.78 is 0. The van der Waals surface area contributed by atoms with Gasteiger partial charge in [-0.05, 0) is 56.2 Å². The fraction of sp³-hybridized carbons (Fsp3) is 0.160. The Labute approximate surface area is 167 Å². The molecule has 0 amide bonds. The van der Waals surface area contributed by atoms with Gasteiger partial charge in [-0.2, -0.15) is 0 Å². The van der Waals surface area contributed by atoms with Gasteiger partial charge in [-0.25, -0.2) is 0 Å². The molecule has 3 heteroatoms. The second-order valence-corrected chi connectivity index (χ2v) is 6.76. The van der Waals surface area contributed by atoms with Crippen molar-refractivity contribution in [1.29, 1.82) is 5.41 Å². The maximum Gasteiger partial charge on any atom is 0.139 e. The SMILES string of the molecule is C=CCCCNc1ccccc1C(=N)N(c1ccccc1)c1ccc(C)cc1. The third-order valence-electron chi connectivity index (χ3n) is 4.61. The fourth-order valence-corrected chi connectivity index (χ4v) is 3.11. The molecule has 3 aromatic carbocycles. The quantitative estimate of drug-likeness (QED) is 0.205. The molecule has 142 valence electrons. The maximum absolute atomic E-state index is 9.04. The molecule has 0 saturated heterocycles. The molecule has 28 heavy (non-hydrogen) atoms. The monoisotopic (exact) mass is 369 g/mol. The number of nitrogens with zero attached hydrogens (tertiary/aromatic N) is 1. The normalized spacial score (nSPS) is 10.3. The van der Waals surface area contributed by atoms with Crippen LogP contribution in [0, 0.1) is 12.3 Å². The van der Waals surface area contributed by atoms with Crippen LogP contribution < -0.4 is 10.2 Å². The van der Waals surface area contributed by atoms with Gasteiger partial charge in [0.15, 0.2) is 0 Å². The minimum atomic E-state index is 0.446. The summed E-state index contributed by atoms with van der Waals surface area (Å²) in [5, 5.41) is 12.5. The topological polar surface area (TPSA) is 39.1 Å². The highest BCUT2D eigenvalue weighted by Gasteiger charge is 2.18. The first-order valence-corrected chi connectivity index (χ1v) is 9.65. The molecule has 3 nitrogen and oxygen atoms in total. The van der Waals surface area contributed by atoms with Gasteiger partial charge in [-0.15, -0.1) is 6.58 Å². The highest BCUT2D eigenvalue weighted by Crippen LogP contribution is 2.29. The molecule has 2 N–H and O–H groups in total. The Bertz CT molecular complexity index is 914. The van der Waals surface area contributed by atoms with E-state index in [1.54, 1.807) is 0 Å². The van der Waals surface area contributed by atoms with E-state index >= 15 is 0 Å². The summed E-state index contributed by atoms with van der Waals surface area (Å²) in [6.07, 6.45) is 3.93. The molecular formula is C25H27N3. The molecule has 0 bridgehead atoms. The number of nitrogens with one attached hydrogen (secondary N) is 2. The first-order valence-electron chi connectivity index (χ1n) is 9.65. The van der Waals surface area contributed by atoms with Gasteiger partial charge in [-0.1, -0.05) is 54.1 Å². The van der Waals surface area contributed by atoms with Crippen LogP contribution in [0.5, 0.6) is 0 Å². The van der Waals surface area contributed by atoms with Crippen molar-refractivity contribution in [2.45, 2.75) is 19.8 Å². The van der Waals surface area contributed by atoms with Gasteiger partial charge in [0.25, 0.3) is 0 Å². The smallest absolute Gasteiger partial charge is 0.139 e. The third kappa shape index (κ3) is 4.68. The molecule has 3 rings (SSSR count). The molecule has 3 aromatic rings. The summed E-state index contributed by atoms with van der Waals surface area (Å²) in [5.41, 5.74) is 5.00. The summed E-state index contributed by atoms with van der Waals surface area (Å²) in [6, 6.07) is 26.4. The Morgan fingerprint density at radius 1 is 0.929 bits per heavy atom. The molecule has 0 aromatic heterocycles. The van der Waals surface area contributed by atoms with E-state index in [0.29, 0.717) is 5.84 Å². The summed E-state index contributed by atoms with van der Waals surface area (Å²) in [4.78, 5) is 1.99. The lowest BCUT2D eigenvalue weighted by atomic mass is 10.1. The molecule has 0 fully saturated rings. The van der Waals surface area contributed by atoms with Crippen LogP contribution in [0.2, 0.25) is 0 Å². The number of para-hydroxylation sites is 2. The van der Waals surface area contributed by atoms with Gasteiger partial charge in [-0.3, -0.25) is 10.3 Å². The van der Waals surface area contributed by atoms with Crippen molar-refractivity contribution < 1.29 is 0 Å². The number of benzene rings is 3. The van der Waals surface area contributed by atoms with Crippen molar-refractivity contribution >= 4 is 22.9 Å². The van der Waals surface area contributed by atoms with E-state index < -0.39 is 0 Å². The van der Waals surface area contributed by atoms with Crippen LogP contribution in [0.4, 0.5) is 17.1 Å². The van der Waals surface area contributed by atoms with Crippen molar-refractivity contribution in [3.05, 3.63) is 103 Å². The summed E-state index contributed by atoms with van der Waals surface area (Å²) in [6.45, 7) is 6.71. The first-order chi connectivity index (χ1) is 13.7. The minimum absolute atomic E-state index is 0.446. The Hall–Kier alpha value is -3.33. The number of allylic oxidation sites excluding steroid dienone is 1. The zero-order valence-electron chi connectivity index (χ0n) is 16.4. The van der Waals surface area contributed by atoms with Gasteiger partial charge in [0.05, 0.1) is 0 Å². The Morgan fingerprint density at radius 2 is 1.57 bits per heavy atom. The van der Waals surface area contributed by atoms with E-state index in [1.807, 2.05) is 65.6 Å². The average Bonchev–Trinajstić information content (AvgIpc) is 2.74. The van der Waals surface area contributed by atoms with Gasteiger partial charge in [0, 0.05) is 29.2 Å². The number of hydrogen-bond donors (Lipinski definition) is 2. The summed E-state index contributed by atoms with van der Waals surface area (Å²) in [5.74, 6) is 0.446. The Morgan fingerprint density at radius 3 is 2.29 bits per heavy atom. The molecule has 0 saturated carbocycles. The number of amidine groups is 1. The van der Waals surface area contributed by atoms with E-state index in [9.17, 15) is 0 Å². The molecule has 0 aliphatic carbocycles. The number of hydrogen-bond acceptors (Lipinski definition) is 2. The van der Waals surface area contributed by atoms with Crippen LogP contribution in [0.1, 0.15) is 24.0 Å². The fourth-order valence-electron chi connectivity index (χ4n) is 3.11. The van der Waals surface area contributed by atoms with Crippen LogP contribution in [-0.2, 0) is 0 Å². The largest absolute Gasteiger partial charge is 0.384 e. The Kier molecular flexibility index (Phi) is 6.64. The lowest BCUT2D eigenvalue weighted by Gasteiger charge is -2.27. The van der Waals surface area contributed by atoms with Gasteiger partial charge in [0.2, 0.25) is 0 Å². The van der Waals surface area contributed by atoms with E-state index in [-0.39, 0.29) is 0 Å². The van der Waals surface area contributed by atoms with Gasteiger partial charge < -0.3 is 5.32 Å². The zero-order valence-corrected chi connectivity index (χ0v) is 16.4. The van der Waals surface area contributed by atoms with Crippen molar-refractivity contribution in [2.75, 3.05) is 16.8 Å². The van der Waals surface area contributed by atoms with E-state index in [4.69, 9.17) is 5.41 Å². The van der Waals surface area contributed by atoms with E-state index in [0.717, 1.165) is 42.0 Å². The minimum Gasteiger partial charge on any atom is -0.384 e. The van der Waals surface area contributed by atoms with Gasteiger partial charge in [0.1, 0.15) is 5.84 Å². The van der Waals surface area contributed by atoms with Crippen LogP contribution in [-0.4, -0.2) is 12.4 Å².